The molecule has 1 aromatic carbocycles. The second kappa shape index (κ2) is 6.77. The average Bonchev–Trinajstić information content (AvgIpc) is 2.76. The van der Waals surface area contributed by atoms with Crippen molar-refractivity contribution in [3.63, 3.8) is 0 Å². The molecular weight excluding hydrogens is 210 g/mol. The fourth-order valence-corrected chi connectivity index (χ4v) is 2.49. The number of hydrogen-bond acceptors (Lipinski definition) is 2. The summed E-state index contributed by atoms with van der Waals surface area (Å²) in [5.74, 6) is 0.901. The molecule has 2 nitrogen and oxygen atoms in total. The van der Waals surface area contributed by atoms with Gasteiger partial charge in [-0.3, -0.25) is 0 Å². The largest absolute Gasteiger partial charge is 0.375 e. The molecule has 17 heavy (non-hydrogen) atoms. The van der Waals surface area contributed by atoms with Crippen LogP contribution in [0.1, 0.15) is 31.7 Å². The maximum atomic E-state index is 5.64. The van der Waals surface area contributed by atoms with Gasteiger partial charge < -0.3 is 10.1 Å². The quantitative estimate of drug-likeness (QED) is 0.763. The van der Waals surface area contributed by atoms with Gasteiger partial charge in [-0.15, -0.1) is 0 Å². The van der Waals surface area contributed by atoms with Crippen LogP contribution in [0.4, 0.5) is 0 Å². The van der Waals surface area contributed by atoms with Gasteiger partial charge in [0.25, 0.3) is 0 Å². The minimum atomic E-state index is 0.726. The van der Waals surface area contributed by atoms with Crippen molar-refractivity contribution >= 4 is 0 Å². The molecule has 2 rings (SSSR count). The van der Waals surface area contributed by atoms with Crippen LogP contribution in [-0.4, -0.2) is 19.2 Å². The van der Waals surface area contributed by atoms with E-state index in [0.717, 1.165) is 31.7 Å². The lowest BCUT2D eigenvalue weighted by Crippen LogP contribution is -2.29. The van der Waals surface area contributed by atoms with Gasteiger partial charge in [-0.1, -0.05) is 37.3 Å². The first kappa shape index (κ1) is 12.6. The van der Waals surface area contributed by atoms with Crippen molar-refractivity contribution in [1.82, 2.24) is 5.32 Å². The molecule has 1 aliphatic carbocycles. The summed E-state index contributed by atoms with van der Waals surface area (Å²) in [6, 6.07) is 11.1. The van der Waals surface area contributed by atoms with E-state index in [9.17, 15) is 0 Å². The van der Waals surface area contributed by atoms with Crippen LogP contribution in [0.15, 0.2) is 30.3 Å². The lowest BCUT2D eigenvalue weighted by Gasteiger charge is -2.12. The molecule has 0 saturated heterocycles. The highest BCUT2D eigenvalue weighted by molar-refractivity contribution is 5.13. The van der Waals surface area contributed by atoms with Gasteiger partial charge in [-0.25, -0.2) is 0 Å². The summed E-state index contributed by atoms with van der Waals surface area (Å²) in [5.41, 5.74) is 1.25. The van der Waals surface area contributed by atoms with E-state index >= 15 is 0 Å². The van der Waals surface area contributed by atoms with E-state index in [2.05, 4.69) is 36.5 Å². The summed E-state index contributed by atoms with van der Waals surface area (Å²) in [6.07, 6.45) is 4.04. The lowest BCUT2D eigenvalue weighted by molar-refractivity contribution is 0.120. The van der Waals surface area contributed by atoms with Crippen LogP contribution in [0.2, 0.25) is 0 Å². The predicted molar refractivity (Wildman–Crippen MR) is 70.9 cm³/mol. The van der Waals surface area contributed by atoms with Crippen molar-refractivity contribution in [2.45, 2.75) is 38.8 Å². The first-order valence-electron chi connectivity index (χ1n) is 6.69. The van der Waals surface area contributed by atoms with Crippen molar-refractivity contribution < 1.29 is 4.74 Å². The average molecular weight is 233 g/mol. The summed E-state index contributed by atoms with van der Waals surface area (Å²) in [5, 5.41) is 3.57. The Morgan fingerprint density at radius 1 is 1.24 bits per heavy atom. The van der Waals surface area contributed by atoms with Crippen molar-refractivity contribution in [2.75, 3.05) is 13.2 Å². The highest BCUT2D eigenvalue weighted by Gasteiger charge is 2.19. The molecule has 0 radical (unpaired) electrons. The van der Waals surface area contributed by atoms with Gasteiger partial charge in [0.15, 0.2) is 0 Å². The van der Waals surface area contributed by atoms with Gasteiger partial charge in [0.2, 0.25) is 0 Å². The SMILES string of the molecule is CC1CCC(NCCOCc2ccccc2)C1. The van der Waals surface area contributed by atoms with E-state index in [4.69, 9.17) is 4.74 Å². The molecule has 1 fully saturated rings. The number of hydrogen-bond donors (Lipinski definition) is 1. The Bertz CT molecular complexity index is 312. The Balaban J connectivity index is 1.52. The van der Waals surface area contributed by atoms with Crippen LogP contribution in [0.5, 0.6) is 0 Å². The topological polar surface area (TPSA) is 21.3 Å². The maximum absolute atomic E-state index is 5.64. The molecule has 1 aromatic rings. The van der Waals surface area contributed by atoms with Gasteiger partial charge in [0.1, 0.15) is 0 Å². The Morgan fingerprint density at radius 2 is 2.06 bits per heavy atom. The van der Waals surface area contributed by atoms with Crippen LogP contribution in [0.25, 0.3) is 0 Å². The van der Waals surface area contributed by atoms with Crippen molar-refractivity contribution in [2.24, 2.45) is 5.92 Å². The monoisotopic (exact) mass is 233 g/mol. The van der Waals surface area contributed by atoms with E-state index in [1.165, 1.54) is 24.8 Å². The van der Waals surface area contributed by atoms with Crippen LogP contribution in [-0.2, 0) is 11.3 Å². The van der Waals surface area contributed by atoms with Gasteiger partial charge in [-0.2, -0.15) is 0 Å². The van der Waals surface area contributed by atoms with Crippen LogP contribution in [0, 0.1) is 5.92 Å². The summed E-state index contributed by atoms with van der Waals surface area (Å²) in [4.78, 5) is 0. The zero-order valence-electron chi connectivity index (χ0n) is 10.7. The standard InChI is InChI=1S/C15H23NO/c1-13-7-8-15(11-13)16-9-10-17-12-14-5-3-2-4-6-14/h2-6,13,15-16H,7-12H2,1H3. The predicted octanol–water partition coefficient (Wildman–Crippen LogP) is 2.98. The molecule has 94 valence electrons. The fraction of sp³-hybridized carbons (Fsp3) is 0.600. The van der Waals surface area contributed by atoms with Crippen LogP contribution in [0.3, 0.4) is 0 Å². The molecule has 0 bridgehead atoms. The summed E-state index contributed by atoms with van der Waals surface area (Å²) >= 11 is 0. The molecule has 0 heterocycles. The van der Waals surface area contributed by atoms with Gasteiger partial charge in [0.05, 0.1) is 13.2 Å². The van der Waals surface area contributed by atoms with Crippen LogP contribution >= 0.6 is 0 Å². The minimum Gasteiger partial charge on any atom is -0.375 e. The zero-order chi connectivity index (χ0) is 11.9. The van der Waals surface area contributed by atoms with Crippen molar-refractivity contribution in [1.29, 1.82) is 0 Å². The van der Waals surface area contributed by atoms with Crippen molar-refractivity contribution in [3.05, 3.63) is 35.9 Å². The second-order valence-corrected chi connectivity index (χ2v) is 5.11. The highest BCUT2D eigenvalue weighted by Crippen LogP contribution is 2.24. The summed E-state index contributed by atoms with van der Waals surface area (Å²) in [7, 11) is 0. The third-order valence-corrected chi connectivity index (χ3v) is 3.49. The van der Waals surface area contributed by atoms with Gasteiger partial charge in [0, 0.05) is 12.6 Å². The zero-order valence-corrected chi connectivity index (χ0v) is 10.7. The molecule has 2 heteroatoms. The molecule has 0 spiro atoms. The number of nitrogens with one attached hydrogen (secondary N) is 1. The molecular formula is C15H23NO. The molecule has 1 N–H and O–H groups in total. The minimum absolute atomic E-state index is 0.726. The van der Waals surface area contributed by atoms with Gasteiger partial charge >= 0.3 is 0 Å². The Labute approximate surface area is 104 Å². The first-order chi connectivity index (χ1) is 8.34. The number of benzene rings is 1. The molecule has 1 aliphatic rings. The smallest absolute Gasteiger partial charge is 0.0717 e. The molecule has 0 aliphatic heterocycles. The van der Waals surface area contributed by atoms with Crippen LogP contribution < -0.4 is 5.32 Å². The van der Waals surface area contributed by atoms with E-state index in [1.807, 2.05) is 6.07 Å². The second-order valence-electron chi connectivity index (χ2n) is 5.11. The van der Waals surface area contributed by atoms with Gasteiger partial charge in [-0.05, 0) is 30.7 Å². The maximum Gasteiger partial charge on any atom is 0.0717 e. The summed E-state index contributed by atoms with van der Waals surface area (Å²) in [6.45, 7) is 4.85. The fourth-order valence-electron chi connectivity index (χ4n) is 2.49. The van der Waals surface area contributed by atoms with E-state index in [1.54, 1.807) is 0 Å². The molecule has 0 amide bonds. The third kappa shape index (κ3) is 4.49. The first-order valence-corrected chi connectivity index (χ1v) is 6.69. The van der Waals surface area contributed by atoms with Crippen molar-refractivity contribution in [3.8, 4) is 0 Å². The Kier molecular flexibility index (Phi) is 5.02. The summed E-state index contributed by atoms with van der Waals surface area (Å²) < 4.78 is 5.64. The molecule has 1 saturated carbocycles. The molecule has 0 aromatic heterocycles. The molecule has 2 atom stereocenters. The normalized spacial score (nSPS) is 24.1. The number of rotatable bonds is 6. The van der Waals surface area contributed by atoms with E-state index < -0.39 is 0 Å². The number of ether oxygens (including phenoxy) is 1. The third-order valence-electron chi connectivity index (χ3n) is 3.49. The Hall–Kier alpha value is -0.860. The van der Waals surface area contributed by atoms with E-state index in [0.29, 0.717) is 0 Å². The Morgan fingerprint density at radius 3 is 2.76 bits per heavy atom. The highest BCUT2D eigenvalue weighted by atomic mass is 16.5. The lowest BCUT2D eigenvalue weighted by atomic mass is 10.1. The van der Waals surface area contributed by atoms with E-state index in [-0.39, 0.29) is 0 Å². The molecule has 2 unspecified atom stereocenters.